The van der Waals surface area contributed by atoms with Crippen LogP contribution in [0.1, 0.15) is 42.7 Å². The van der Waals surface area contributed by atoms with Crippen LogP contribution in [-0.4, -0.2) is 27.1 Å². The average Bonchev–Trinajstić information content (AvgIpc) is 2.68. The van der Waals surface area contributed by atoms with Gasteiger partial charge in [0.2, 0.25) is 5.91 Å². The van der Waals surface area contributed by atoms with Crippen molar-refractivity contribution in [2.45, 2.75) is 41.9 Å². The van der Waals surface area contributed by atoms with Gasteiger partial charge in [0.25, 0.3) is 0 Å². The van der Waals surface area contributed by atoms with Crippen molar-refractivity contribution >= 4 is 27.3 Å². The summed E-state index contributed by atoms with van der Waals surface area (Å²) >= 11 is 6.18. The molecule has 1 aliphatic rings. The maximum absolute atomic E-state index is 12.3. The van der Waals surface area contributed by atoms with Crippen molar-refractivity contribution in [1.82, 2.24) is 0 Å². The van der Waals surface area contributed by atoms with Crippen molar-refractivity contribution in [3.8, 4) is 0 Å². The zero-order valence-electron chi connectivity index (χ0n) is 16.5. The predicted molar refractivity (Wildman–Crippen MR) is 116 cm³/mol. The fraction of sp³-hybridized carbons (Fsp3) is 0.409. The van der Waals surface area contributed by atoms with E-state index in [4.69, 9.17) is 23.1 Å². The first-order valence-corrected chi connectivity index (χ1v) is 12.0. The van der Waals surface area contributed by atoms with E-state index in [0.717, 1.165) is 37.5 Å². The molecule has 0 aromatic heterocycles. The van der Waals surface area contributed by atoms with Gasteiger partial charge < -0.3 is 11.5 Å². The van der Waals surface area contributed by atoms with Gasteiger partial charge in [0.15, 0.2) is 9.84 Å². The number of amides is 1. The Labute approximate surface area is 177 Å². The number of sulfone groups is 1. The highest BCUT2D eigenvalue weighted by molar-refractivity contribution is 7.90. The van der Waals surface area contributed by atoms with Crippen molar-refractivity contribution in [3.63, 3.8) is 0 Å². The van der Waals surface area contributed by atoms with Gasteiger partial charge >= 0.3 is 0 Å². The lowest BCUT2D eigenvalue weighted by Gasteiger charge is -2.42. The van der Waals surface area contributed by atoms with Crippen LogP contribution in [0.25, 0.3) is 0 Å². The summed E-state index contributed by atoms with van der Waals surface area (Å²) in [6.45, 7) is 0.505. The van der Waals surface area contributed by atoms with Crippen LogP contribution in [0.5, 0.6) is 0 Å². The Morgan fingerprint density at radius 3 is 2.38 bits per heavy atom. The first-order valence-electron chi connectivity index (χ1n) is 9.72. The predicted octanol–water partition coefficient (Wildman–Crippen LogP) is 3.40. The number of halogens is 1. The highest BCUT2D eigenvalue weighted by atomic mass is 35.5. The minimum atomic E-state index is -3.36. The van der Waals surface area contributed by atoms with Crippen molar-refractivity contribution in [2.75, 3.05) is 12.8 Å². The standard InChI is InChI=1S/C22H27ClN2O3S/c1-29(27,28)19-7-2-4-16(12-19)20(21(25)26)15-8-10-22(14-24,11-9-15)17-5-3-6-18(23)13-17/h2-7,12-13,15,20H,8-11,14,24H2,1H3,(H2,25,26). The molecule has 2 aromatic rings. The fourth-order valence-electron chi connectivity index (χ4n) is 4.56. The van der Waals surface area contributed by atoms with Gasteiger partial charge in [-0.3, -0.25) is 4.79 Å². The smallest absolute Gasteiger partial charge is 0.225 e. The third-order valence-corrected chi connectivity index (χ3v) is 7.58. The number of benzene rings is 2. The van der Waals surface area contributed by atoms with E-state index in [1.165, 1.54) is 6.07 Å². The lowest BCUT2D eigenvalue weighted by atomic mass is 9.63. The minimum Gasteiger partial charge on any atom is -0.369 e. The van der Waals surface area contributed by atoms with E-state index >= 15 is 0 Å². The summed E-state index contributed by atoms with van der Waals surface area (Å²) in [5.74, 6) is -0.906. The lowest BCUT2D eigenvalue weighted by Crippen LogP contribution is -2.41. The number of nitrogens with two attached hydrogens (primary N) is 2. The van der Waals surface area contributed by atoms with E-state index in [1.807, 2.05) is 18.2 Å². The molecule has 2 aromatic carbocycles. The molecule has 0 radical (unpaired) electrons. The number of rotatable bonds is 6. The van der Waals surface area contributed by atoms with E-state index in [2.05, 4.69) is 6.07 Å². The monoisotopic (exact) mass is 434 g/mol. The molecular weight excluding hydrogens is 408 g/mol. The molecule has 4 N–H and O–H groups in total. The second-order valence-electron chi connectivity index (χ2n) is 8.06. The van der Waals surface area contributed by atoms with Crippen LogP contribution in [0.15, 0.2) is 53.4 Å². The van der Waals surface area contributed by atoms with Crippen LogP contribution in [-0.2, 0) is 20.0 Å². The number of hydrogen-bond acceptors (Lipinski definition) is 4. The van der Waals surface area contributed by atoms with Gasteiger partial charge in [-0.1, -0.05) is 35.9 Å². The van der Waals surface area contributed by atoms with E-state index in [1.54, 1.807) is 18.2 Å². The molecule has 156 valence electrons. The SMILES string of the molecule is CS(=O)(=O)c1cccc(C(C(N)=O)C2CCC(CN)(c3cccc(Cl)c3)CC2)c1. The van der Waals surface area contributed by atoms with Crippen LogP contribution in [0.4, 0.5) is 0 Å². The second-order valence-corrected chi connectivity index (χ2v) is 10.5. The number of carbonyl (C=O) groups excluding carboxylic acids is 1. The summed E-state index contributed by atoms with van der Waals surface area (Å²) in [7, 11) is -3.36. The molecule has 7 heteroatoms. The largest absolute Gasteiger partial charge is 0.369 e. The van der Waals surface area contributed by atoms with Crippen LogP contribution >= 0.6 is 11.6 Å². The minimum absolute atomic E-state index is 0.0427. The highest BCUT2D eigenvalue weighted by Gasteiger charge is 2.40. The molecule has 0 heterocycles. The molecule has 1 unspecified atom stereocenters. The molecule has 0 saturated heterocycles. The Morgan fingerprint density at radius 1 is 1.17 bits per heavy atom. The Kier molecular flexibility index (Phi) is 6.36. The van der Waals surface area contributed by atoms with Crippen molar-refractivity contribution < 1.29 is 13.2 Å². The third-order valence-electron chi connectivity index (χ3n) is 6.24. The summed E-state index contributed by atoms with van der Waals surface area (Å²) in [4.78, 5) is 12.5. The summed E-state index contributed by atoms with van der Waals surface area (Å²) in [6.07, 6.45) is 4.36. The first kappa shape index (κ1) is 21.8. The third kappa shape index (κ3) is 4.65. The van der Waals surface area contributed by atoms with Gasteiger partial charge in [-0.2, -0.15) is 0 Å². The van der Waals surface area contributed by atoms with Gasteiger partial charge in [-0.15, -0.1) is 0 Å². The lowest BCUT2D eigenvalue weighted by molar-refractivity contribution is -0.121. The molecule has 1 aliphatic carbocycles. The molecule has 1 amide bonds. The van der Waals surface area contributed by atoms with Gasteiger partial charge in [0.05, 0.1) is 10.8 Å². The van der Waals surface area contributed by atoms with Gasteiger partial charge in [-0.05, 0) is 67.0 Å². The fourth-order valence-corrected chi connectivity index (χ4v) is 5.43. The zero-order chi connectivity index (χ0) is 21.2. The average molecular weight is 435 g/mol. The molecule has 1 saturated carbocycles. The number of carbonyl (C=O) groups is 1. The van der Waals surface area contributed by atoms with E-state index in [-0.39, 0.29) is 16.2 Å². The molecule has 0 aliphatic heterocycles. The topological polar surface area (TPSA) is 103 Å². The van der Waals surface area contributed by atoms with Crippen molar-refractivity contribution in [3.05, 3.63) is 64.7 Å². The molecule has 5 nitrogen and oxygen atoms in total. The molecule has 0 spiro atoms. The van der Waals surface area contributed by atoms with Crippen LogP contribution in [0.2, 0.25) is 5.02 Å². The van der Waals surface area contributed by atoms with E-state index < -0.39 is 21.7 Å². The van der Waals surface area contributed by atoms with Gasteiger partial charge in [0.1, 0.15) is 0 Å². The van der Waals surface area contributed by atoms with E-state index in [0.29, 0.717) is 17.1 Å². The molecule has 3 rings (SSSR count). The first-order chi connectivity index (χ1) is 13.7. The molecule has 29 heavy (non-hydrogen) atoms. The maximum Gasteiger partial charge on any atom is 0.225 e. The highest BCUT2D eigenvalue weighted by Crippen LogP contribution is 2.45. The molecular formula is C22H27ClN2O3S. The van der Waals surface area contributed by atoms with Crippen molar-refractivity contribution in [2.24, 2.45) is 17.4 Å². The Morgan fingerprint density at radius 2 is 1.83 bits per heavy atom. The van der Waals surface area contributed by atoms with Gasteiger partial charge in [0, 0.05) is 23.2 Å². The molecule has 1 atom stereocenters. The van der Waals surface area contributed by atoms with Crippen LogP contribution in [0, 0.1) is 5.92 Å². The number of hydrogen-bond donors (Lipinski definition) is 2. The van der Waals surface area contributed by atoms with Crippen LogP contribution < -0.4 is 11.5 Å². The van der Waals surface area contributed by atoms with E-state index in [9.17, 15) is 13.2 Å². The summed E-state index contributed by atoms with van der Waals surface area (Å²) in [6, 6.07) is 14.4. The summed E-state index contributed by atoms with van der Waals surface area (Å²) in [5, 5.41) is 0.685. The summed E-state index contributed by atoms with van der Waals surface area (Å²) < 4.78 is 23.8. The Balaban J connectivity index is 1.86. The second kappa shape index (κ2) is 8.46. The Bertz CT molecular complexity index is 999. The normalized spacial score (nSPS) is 23.5. The van der Waals surface area contributed by atoms with Crippen molar-refractivity contribution in [1.29, 1.82) is 0 Å². The quantitative estimate of drug-likeness (QED) is 0.726. The Hall–Kier alpha value is -1.89. The zero-order valence-corrected chi connectivity index (χ0v) is 18.0. The summed E-state index contributed by atoms with van der Waals surface area (Å²) in [5.41, 5.74) is 13.6. The molecule has 0 bridgehead atoms. The number of primary amides is 1. The van der Waals surface area contributed by atoms with Crippen LogP contribution in [0.3, 0.4) is 0 Å². The van der Waals surface area contributed by atoms with Gasteiger partial charge in [-0.25, -0.2) is 8.42 Å². The molecule has 1 fully saturated rings. The maximum atomic E-state index is 12.3.